The van der Waals surface area contributed by atoms with E-state index in [4.69, 9.17) is 16.9 Å². The van der Waals surface area contributed by atoms with Crippen molar-refractivity contribution in [3.05, 3.63) is 28.8 Å². The summed E-state index contributed by atoms with van der Waals surface area (Å²) < 4.78 is 23.2. The molecule has 7 heteroatoms. The molecule has 18 heavy (non-hydrogen) atoms. The van der Waals surface area contributed by atoms with E-state index in [0.29, 0.717) is 4.31 Å². The molecular formula is C11H9ClN2O3S. The van der Waals surface area contributed by atoms with Crippen LogP contribution < -0.4 is 4.31 Å². The maximum Gasteiger partial charge on any atom is 0.263 e. The van der Waals surface area contributed by atoms with Crippen LogP contribution in [0, 0.1) is 11.3 Å². The molecule has 0 radical (unpaired) electrons. The third kappa shape index (κ3) is 1.44. The molecule has 1 heterocycles. The third-order valence-electron chi connectivity index (χ3n) is 2.88. The molecule has 1 aromatic rings. The molecule has 0 N–H and O–H groups in total. The van der Waals surface area contributed by atoms with Gasteiger partial charge in [-0.15, -0.1) is 0 Å². The number of hydrogen-bond acceptors (Lipinski definition) is 4. The smallest absolute Gasteiger partial charge is 0.263 e. The Kier molecular flexibility index (Phi) is 2.65. The van der Waals surface area contributed by atoms with Crippen LogP contribution in [0.1, 0.15) is 19.4 Å². The van der Waals surface area contributed by atoms with E-state index < -0.39 is 20.7 Å². The van der Waals surface area contributed by atoms with Crippen molar-refractivity contribution in [1.29, 1.82) is 5.26 Å². The Labute approximate surface area is 110 Å². The Morgan fingerprint density at radius 2 is 2.00 bits per heavy atom. The number of halogens is 1. The molecule has 1 aromatic carbocycles. The summed E-state index contributed by atoms with van der Waals surface area (Å²) >= 11 is 5.77. The second-order valence-corrected chi connectivity index (χ2v) is 7.13. The minimum absolute atomic E-state index is 0.00863. The van der Waals surface area contributed by atoms with E-state index in [1.54, 1.807) is 0 Å². The van der Waals surface area contributed by atoms with Crippen molar-refractivity contribution in [2.75, 3.05) is 4.31 Å². The van der Waals surface area contributed by atoms with Gasteiger partial charge in [-0.05, 0) is 32.0 Å². The van der Waals surface area contributed by atoms with E-state index in [1.165, 1.54) is 32.0 Å². The van der Waals surface area contributed by atoms with Crippen LogP contribution >= 0.6 is 11.6 Å². The Morgan fingerprint density at radius 1 is 1.39 bits per heavy atom. The van der Waals surface area contributed by atoms with Gasteiger partial charge in [0.05, 0.1) is 11.3 Å². The first-order valence-electron chi connectivity index (χ1n) is 5.02. The molecule has 1 aliphatic heterocycles. The molecule has 1 amide bonds. The van der Waals surface area contributed by atoms with Gasteiger partial charge in [0.2, 0.25) is 0 Å². The lowest BCUT2D eigenvalue weighted by Crippen LogP contribution is -2.67. The predicted octanol–water partition coefficient (Wildman–Crippen LogP) is 1.67. The number of carbonyl (C=O) groups excluding carboxylic acids is 1. The lowest BCUT2D eigenvalue weighted by atomic mass is 10.1. The lowest BCUT2D eigenvalue weighted by Gasteiger charge is -2.43. The second-order valence-electron chi connectivity index (χ2n) is 4.36. The van der Waals surface area contributed by atoms with Crippen molar-refractivity contribution in [3.8, 4) is 6.07 Å². The van der Waals surface area contributed by atoms with Gasteiger partial charge >= 0.3 is 0 Å². The summed E-state index contributed by atoms with van der Waals surface area (Å²) in [5.74, 6) is -0.568. The van der Waals surface area contributed by atoms with Gasteiger partial charge < -0.3 is 0 Å². The monoisotopic (exact) mass is 284 g/mol. The van der Waals surface area contributed by atoms with Crippen molar-refractivity contribution in [3.63, 3.8) is 0 Å². The maximum absolute atomic E-state index is 12.0. The summed E-state index contributed by atoms with van der Waals surface area (Å²) in [6, 6.07) is 5.98. The Bertz CT molecular complexity index is 689. The molecule has 1 aliphatic rings. The number of carbonyl (C=O) groups is 1. The van der Waals surface area contributed by atoms with E-state index in [2.05, 4.69) is 0 Å². The van der Waals surface area contributed by atoms with Crippen LogP contribution in [-0.2, 0) is 14.8 Å². The summed E-state index contributed by atoms with van der Waals surface area (Å²) in [5.41, 5.74) is 0.0983. The van der Waals surface area contributed by atoms with Gasteiger partial charge in [-0.2, -0.15) is 5.26 Å². The van der Waals surface area contributed by atoms with E-state index in [1.807, 2.05) is 6.07 Å². The topological polar surface area (TPSA) is 78.2 Å². The number of hydrogen-bond donors (Lipinski definition) is 0. The van der Waals surface area contributed by atoms with Gasteiger partial charge in [-0.3, -0.25) is 4.79 Å². The fourth-order valence-corrected chi connectivity index (χ4v) is 3.32. The summed E-state index contributed by atoms with van der Waals surface area (Å²) in [6.45, 7) is 2.66. The zero-order valence-electron chi connectivity index (χ0n) is 9.64. The SMILES string of the molecule is CC1(C)C(=O)N(c2cc(Cl)ccc2C#N)S1(=O)=O. The highest BCUT2D eigenvalue weighted by Crippen LogP contribution is 2.41. The Balaban J connectivity index is 2.63. The van der Waals surface area contributed by atoms with Crippen LogP contribution in [0.15, 0.2) is 18.2 Å². The van der Waals surface area contributed by atoms with E-state index in [9.17, 15) is 13.2 Å². The average Bonchev–Trinajstić information content (AvgIpc) is 2.29. The van der Waals surface area contributed by atoms with Crippen LogP contribution in [0.25, 0.3) is 0 Å². The fraction of sp³-hybridized carbons (Fsp3) is 0.273. The number of nitrogens with zero attached hydrogens (tertiary/aromatic N) is 2. The number of anilines is 1. The van der Waals surface area contributed by atoms with Crippen molar-refractivity contribution >= 4 is 33.2 Å². The normalized spacial score (nSPS) is 20.1. The summed E-state index contributed by atoms with van der Waals surface area (Å²) in [7, 11) is -3.78. The summed E-state index contributed by atoms with van der Waals surface area (Å²) in [5, 5.41) is 9.20. The van der Waals surface area contributed by atoms with E-state index >= 15 is 0 Å². The predicted molar refractivity (Wildman–Crippen MR) is 66.7 cm³/mol. The minimum atomic E-state index is -3.78. The lowest BCUT2D eigenvalue weighted by molar-refractivity contribution is -0.120. The molecule has 1 fully saturated rings. The first-order chi connectivity index (χ1) is 8.23. The number of nitriles is 1. The van der Waals surface area contributed by atoms with Crippen molar-refractivity contribution in [2.45, 2.75) is 18.6 Å². The first kappa shape index (κ1) is 12.9. The summed E-state index contributed by atoms with van der Waals surface area (Å²) in [6.07, 6.45) is 0. The highest BCUT2D eigenvalue weighted by molar-refractivity contribution is 7.98. The molecule has 94 valence electrons. The standard InChI is InChI=1S/C11H9ClN2O3S/c1-11(2)10(15)14(18(11,16)17)9-5-8(12)4-3-7(9)6-13/h3-5H,1-2H3. The summed E-state index contributed by atoms with van der Waals surface area (Å²) in [4.78, 5) is 11.9. The second kappa shape index (κ2) is 3.70. The molecule has 0 spiro atoms. The van der Waals surface area contributed by atoms with E-state index in [-0.39, 0.29) is 16.3 Å². The zero-order valence-corrected chi connectivity index (χ0v) is 11.2. The highest BCUT2D eigenvalue weighted by atomic mass is 35.5. The number of amides is 1. The average molecular weight is 285 g/mol. The van der Waals surface area contributed by atoms with E-state index in [0.717, 1.165) is 0 Å². The number of sulfonamides is 1. The minimum Gasteiger partial charge on any atom is -0.272 e. The third-order valence-corrected chi connectivity index (χ3v) is 5.43. The van der Waals surface area contributed by atoms with Crippen molar-refractivity contribution in [2.24, 2.45) is 0 Å². The van der Waals surface area contributed by atoms with Crippen LogP contribution in [0.5, 0.6) is 0 Å². The highest BCUT2D eigenvalue weighted by Gasteiger charge is 2.61. The Morgan fingerprint density at radius 3 is 2.50 bits per heavy atom. The molecule has 0 aliphatic carbocycles. The zero-order chi connectivity index (χ0) is 13.7. The molecule has 0 aromatic heterocycles. The van der Waals surface area contributed by atoms with Crippen LogP contribution in [-0.4, -0.2) is 19.1 Å². The fourth-order valence-electron chi connectivity index (χ4n) is 1.66. The molecule has 0 unspecified atom stereocenters. The van der Waals surface area contributed by atoms with Gasteiger partial charge in [0.1, 0.15) is 6.07 Å². The van der Waals surface area contributed by atoms with Gasteiger partial charge in [0, 0.05) is 5.02 Å². The molecule has 0 atom stereocenters. The van der Waals surface area contributed by atoms with Gasteiger partial charge in [-0.1, -0.05) is 11.6 Å². The molecule has 5 nitrogen and oxygen atoms in total. The van der Waals surface area contributed by atoms with Crippen LogP contribution in [0.3, 0.4) is 0 Å². The quantitative estimate of drug-likeness (QED) is 0.786. The first-order valence-corrected chi connectivity index (χ1v) is 6.84. The van der Waals surface area contributed by atoms with Crippen LogP contribution in [0.2, 0.25) is 5.02 Å². The van der Waals surface area contributed by atoms with Crippen LogP contribution in [0.4, 0.5) is 5.69 Å². The van der Waals surface area contributed by atoms with Gasteiger partial charge in [0.25, 0.3) is 15.9 Å². The van der Waals surface area contributed by atoms with Gasteiger partial charge in [-0.25, -0.2) is 12.7 Å². The van der Waals surface area contributed by atoms with Crippen molar-refractivity contribution in [1.82, 2.24) is 0 Å². The number of rotatable bonds is 1. The number of benzene rings is 1. The molecule has 0 bridgehead atoms. The molecule has 1 saturated heterocycles. The maximum atomic E-state index is 12.0. The molecule has 0 saturated carbocycles. The molecule has 2 rings (SSSR count). The molecular weight excluding hydrogens is 276 g/mol. The van der Waals surface area contributed by atoms with Gasteiger partial charge in [0.15, 0.2) is 4.75 Å². The largest absolute Gasteiger partial charge is 0.272 e. The van der Waals surface area contributed by atoms with Crippen molar-refractivity contribution < 1.29 is 13.2 Å². The Hall–Kier alpha value is -1.58.